The third-order valence-electron chi connectivity index (χ3n) is 12.4. The summed E-state index contributed by atoms with van der Waals surface area (Å²) in [6.07, 6.45) is 33.4. The molecule has 5 aliphatic rings. The van der Waals surface area contributed by atoms with Gasteiger partial charge in [-0.1, -0.05) is 207 Å². The van der Waals surface area contributed by atoms with Crippen LogP contribution >= 0.6 is 0 Å². The van der Waals surface area contributed by atoms with E-state index in [9.17, 15) is 9.90 Å². The molecule has 5 saturated carbocycles. The Bertz CT molecular complexity index is 1850. The maximum absolute atomic E-state index is 10.5. The second-order valence-corrected chi connectivity index (χ2v) is 18.6. The molecule has 5 aromatic rings. The summed E-state index contributed by atoms with van der Waals surface area (Å²) in [5.41, 5.74) is 0. The number of aromatic hydroxyl groups is 5. The fourth-order valence-corrected chi connectivity index (χ4v) is 8.04. The molecule has 412 valence electrons. The summed E-state index contributed by atoms with van der Waals surface area (Å²) in [5.74, 6) is 2.02. The predicted octanol–water partition coefficient (Wildman–Crippen LogP) is 15.4. The highest BCUT2D eigenvalue weighted by molar-refractivity contribution is 5.78. The molecular formula is C63H94O11. The first kappa shape index (κ1) is 66.3. The monoisotopic (exact) mass is 1030 g/mol. The number of rotatable bonds is 3. The van der Waals surface area contributed by atoms with E-state index in [1.54, 1.807) is 92.0 Å². The Balaban J connectivity index is 0.000000412. The van der Waals surface area contributed by atoms with Gasteiger partial charge in [0.25, 0.3) is 0 Å². The molecule has 74 heavy (non-hydrogen) atoms. The first-order valence-electron chi connectivity index (χ1n) is 27.3. The Morgan fingerprint density at radius 1 is 0.351 bits per heavy atom. The van der Waals surface area contributed by atoms with Gasteiger partial charge in [-0.25, -0.2) is 0 Å². The first-order chi connectivity index (χ1) is 36.0. The molecule has 7 N–H and O–H groups in total. The van der Waals surface area contributed by atoms with Gasteiger partial charge in [0, 0.05) is 20.0 Å². The van der Waals surface area contributed by atoms with E-state index >= 15 is 0 Å². The van der Waals surface area contributed by atoms with Crippen molar-refractivity contribution >= 4 is 5.78 Å². The molecule has 0 aromatic heterocycles. The smallest absolute Gasteiger partial charge is 0.160 e. The summed E-state index contributed by atoms with van der Waals surface area (Å²) in [4.78, 5) is 10.5. The molecule has 0 radical (unpaired) electrons. The number of Topliss-reactive ketones (excluding diaryl/α,β-unsaturated/α-hetero) is 1. The van der Waals surface area contributed by atoms with E-state index in [1.165, 1.54) is 136 Å². The summed E-state index contributed by atoms with van der Waals surface area (Å²) in [7, 11) is 4.71. The van der Waals surface area contributed by atoms with Gasteiger partial charge in [-0.15, -0.1) is 0 Å². The van der Waals surface area contributed by atoms with E-state index in [4.69, 9.17) is 44.8 Å². The van der Waals surface area contributed by atoms with Crippen molar-refractivity contribution in [2.75, 3.05) is 21.3 Å². The molecule has 11 heteroatoms. The summed E-state index contributed by atoms with van der Waals surface area (Å²) >= 11 is 0. The third kappa shape index (κ3) is 37.9. The molecule has 5 fully saturated rings. The van der Waals surface area contributed by atoms with Crippen molar-refractivity contribution in [1.82, 2.24) is 0 Å². The highest BCUT2D eigenvalue weighted by Gasteiger charge is 2.21. The van der Waals surface area contributed by atoms with Gasteiger partial charge in [-0.3, -0.25) is 4.79 Å². The topological polar surface area (TPSA) is 186 Å². The lowest BCUT2D eigenvalue weighted by molar-refractivity contribution is -0.120. The van der Waals surface area contributed by atoms with Gasteiger partial charge in [0.1, 0.15) is 11.5 Å². The summed E-state index contributed by atoms with van der Waals surface area (Å²) in [6.45, 7) is 0. The van der Waals surface area contributed by atoms with Crippen LogP contribution in [-0.4, -0.2) is 81.2 Å². The molecule has 5 aliphatic carbocycles. The zero-order chi connectivity index (χ0) is 54.1. The van der Waals surface area contributed by atoms with Gasteiger partial charge < -0.3 is 50.0 Å². The second-order valence-electron chi connectivity index (χ2n) is 18.6. The molecule has 11 nitrogen and oxygen atoms in total. The number of ether oxygens (including phenoxy) is 3. The van der Waals surface area contributed by atoms with Crippen LogP contribution in [-0.2, 0) is 9.53 Å². The minimum absolute atomic E-state index is 0.0359. The van der Waals surface area contributed by atoms with Crippen molar-refractivity contribution in [3.8, 4) is 40.2 Å². The number of para-hydroxylation sites is 7. The first-order valence-corrected chi connectivity index (χ1v) is 27.3. The maximum atomic E-state index is 10.5. The van der Waals surface area contributed by atoms with Gasteiger partial charge in [-0.05, 0) is 87.1 Å². The molecular weight excluding hydrogens is 933 g/mol. The normalized spacial score (nSPS) is 17.5. The Morgan fingerprint density at radius 3 is 0.878 bits per heavy atom. The molecule has 10 rings (SSSR count). The molecule has 5 aromatic carbocycles. The SMILES string of the molecule is C1CCCCC1.C1CCCCC1.COC1CCCCC1O.COc1ccccc1O.COc1ccccc1O.O=C1CCCCC1.OC1CCCCC1.Oc1ccccc1.Oc1ccccc1O.c1ccccc1. The van der Waals surface area contributed by atoms with Crippen LogP contribution < -0.4 is 9.47 Å². The molecule has 0 spiro atoms. The van der Waals surface area contributed by atoms with E-state index in [2.05, 4.69) is 0 Å². The van der Waals surface area contributed by atoms with Gasteiger partial charge >= 0.3 is 0 Å². The van der Waals surface area contributed by atoms with Crippen molar-refractivity contribution in [1.29, 1.82) is 0 Å². The molecule has 2 unspecified atom stereocenters. The highest BCUT2D eigenvalue weighted by Crippen LogP contribution is 2.25. The molecule has 0 bridgehead atoms. The van der Waals surface area contributed by atoms with Crippen LogP contribution in [0.1, 0.15) is 167 Å². The summed E-state index contributed by atoms with van der Waals surface area (Å²) in [5, 5.41) is 62.1. The van der Waals surface area contributed by atoms with Gasteiger partial charge in [-0.2, -0.15) is 0 Å². The molecule has 0 saturated heterocycles. The number of methoxy groups -OCH3 is 3. The Kier molecular flexibility index (Phi) is 42.1. The fraction of sp³-hybridized carbons (Fsp3) is 0.508. The molecule has 0 aliphatic heterocycles. The molecule has 2 atom stereocenters. The van der Waals surface area contributed by atoms with Crippen molar-refractivity contribution in [2.24, 2.45) is 0 Å². The standard InChI is InChI=1S/C7H14O2.2C7H8O2.C6H6O2.C6H12O.C6H10O.C6H6O.2C6H12.C6H6/c3*1-9-7-5-3-2-4-6(7)8;7-5-3-1-2-4-6(5)8;3*7-6-4-2-1-3-5-6;3*1-2-4-6-5-3-1/h6-8H,2-5H2,1H3;2*2-5,8H,1H3;1-4,7-8H;6-7H,1-5H2;1-5H2;1-5,7H;2*1-6H2;1-6H. The number of hydrogen-bond donors (Lipinski definition) is 7. The van der Waals surface area contributed by atoms with E-state index in [1.807, 2.05) is 42.5 Å². The number of hydrogen-bond acceptors (Lipinski definition) is 11. The number of ketones is 1. The van der Waals surface area contributed by atoms with Crippen LogP contribution in [0.2, 0.25) is 0 Å². The minimum atomic E-state index is -0.205. The van der Waals surface area contributed by atoms with Crippen LogP contribution in [0, 0.1) is 0 Å². The van der Waals surface area contributed by atoms with Crippen LogP contribution in [0.15, 0.2) is 140 Å². The molecule has 0 amide bonds. The zero-order valence-electron chi connectivity index (χ0n) is 45.2. The summed E-state index contributed by atoms with van der Waals surface area (Å²) < 4.78 is 14.6. The van der Waals surface area contributed by atoms with Gasteiger partial charge in [0.2, 0.25) is 0 Å². The second kappa shape index (κ2) is 47.0. The van der Waals surface area contributed by atoms with Crippen molar-refractivity contribution < 1.29 is 54.8 Å². The van der Waals surface area contributed by atoms with E-state index in [-0.39, 0.29) is 41.3 Å². The number of aliphatic hydroxyl groups is 2. The van der Waals surface area contributed by atoms with Gasteiger partial charge in [0.05, 0.1) is 32.5 Å². The average molecular weight is 1030 g/mol. The Labute approximate surface area is 445 Å². The number of carbonyl (C=O) groups is 1. The van der Waals surface area contributed by atoms with Crippen LogP contribution in [0.3, 0.4) is 0 Å². The Hall–Kier alpha value is -5.75. The number of carbonyl (C=O) groups excluding carboxylic acids is 1. The predicted molar refractivity (Wildman–Crippen MR) is 301 cm³/mol. The average Bonchev–Trinajstić information content (AvgIpc) is 3.46. The third-order valence-corrected chi connectivity index (χ3v) is 12.4. The molecule has 0 heterocycles. The number of phenolic OH excluding ortho intramolecular Hbond substituents is 5. The zero-order valence-corrected chi connectivity index (χ0v) is 45.2. The lowest BCUT2D eigenvalue weighted by Gasteiger charge is -2.25. The van der Waals surface area contributed by atoms with Crippen LogP contribution in [0.25, 0.3) is 0 Å². The largest absolute Gasteiger partial charge is 0.508 e. The fourth-order valence-electron chi connectivity index (χ4n) is 8.04. The van der Waals surface area contributed by atoms with E-state index in [0.29, 0.717) is 23.0 Å². The number of benzene rings is 5. The minimum Gasteiger partial charge on any atom is -0.508 e. The van der Waals surface area contributed by atoms with E-state index in [0.717, 1.165) is 57.8 Å². The number of aliphatic hydroxyl groups excluding tert-OH is 2. The van der Waals surface area contributed by atoms with E-state index < -0.39 is 0 Å². The quantitative estimate of drug-likeness (QED) is 0.0853. The van der Waals surface area contributed by atoms with Gasteiger partial charge in [0.15, 0.2) is 34.5 Å². The van der Waals surface area contributed by atoms with Crippen molar-refractivity contribution in [3.05, 3.63) is 140 Å². The lowest BCUT2D eigenvalue weighted by atomic mass is 9.95. The van der Waals surface area contributed by atoms with Crippen LogP contribution in [0.5, 0.6) is 40.2 Å². The lowest BCUT2D eigenvalue weighted by Crippen LogP contribution is -2.30. The highest BCUT2D eigenvalue weighted by atomic mass is 16.5. The van der Waals surface area contributed by atoms with Crippen molar-refractivity contribution in [2.45, 2.75) is 185 Å². The number of phenols is 5. The summed E-state index contributed by atoms with van der Waals surface area (Å²) in [6, 6.07) is 40.5. The van der Waals surface area contributed by atoms with Crippen molar-refractivity contribution in [3.63, 3.8) is 0 Å². The van der Waals surface area contributed by atoms with Crippen LogP contribution in [0.4, 0.5) is 0 Å². The maximum Gasteiger partial charge on any atom is 0.160 e. The Morgan fingerprint density at radius 2 is 0.649 bits per heavy atom.